The Balaban J connectivity index is 3.18. The van der Waals surface area contributed by atoms with Crippen LogP contribution in [0.15, 0.2) is 0 Å². The molecule has 0 aromatic carbocycles. The first-order valence-corrected chi connectivity index (χ1v) is 9.55. The van der Waals surface area contributed by atoms with Crippen molar-refractivity contribution < 1.29 is 9.59 Å². The molecule has 0 aromatic heterocycles. The molecule has 0 saturated heterocycles. The Hall–Kier alpha value is -0.0800. The third-order valence-corrected chi connectivity index (χ3v) is 4.54. The zero-order chi connectivity index (χ0) is 15.8. The molecule has 2 heteroatoms. The van der Waals surface area contributed by atoms with Gasteiger partial charge in [-0.15, -0.1) is 0 Å². The minimum atomic E-state index is 0.333. The van der Waals surface area contributed by atoms with Gasteiger partial charge < -0.3 is 9.59 Å². The van der Waals surface area contributed by atoms with E-state index < -0.39 is 0 Å². The largest absolute Gasteiger partial charge is 0.396 e. The zero-order valence-corrected chi connectivity index (χ0v) is 15.2. The first-order valence-electron chi connectivity index (χ1n) is 9.55. The molecule has 0 amide bonds. The summed E-state index contributed by atoms with van der Waals surface area (Å²) in [4.78, 5) is 0. The van der Waals surface area contributed by atoms with E-state index in [1.807, 2.05) is 0 Å². The highest BCUT2D eigenvalue weighted by atomic mass is 16.3. The van der Waals surface area contributed by atoms with E-state index in [2.05, 4.69) is 21.0 Å². The predicted octanol–water partition coefficient (Wildman–Crippen LogP) is 5.15. The van der Waals surface area contributed by atoms with Crippen molar-refractivity contribution in [3.63, 3.8) is 0 Å². The summed E-state index contributed by atoms with van der Waals surface area (Å²) < 4.78 is 1.07. The molecular formula is C19H42NO+. The number of aliphatic hydroxyl groups excluding tert-OH is 1. The number of rotatable bonds is 16. The molecule has 0 heterocycles. The molecule has 0 aromatic rings. The number of unbranched alkanes of at least 4 members (excludes halogenated alkanes) is 11. The van der Waals surface area contributed by atoms with Gasteiger partial charge in [0.25, 0.3) is 0 Å². The summed E-state index contributed by atoms with van der Waals surface area (Å²) in [5.74, 6) is 0. The summed E-state index contributed by atoms with van der Waals surface area (Å²) >= 11 is 0. The first-order chi connectivity index (χ1) is 10.1. The lowest BCUT2D eigenvalue weighted by Crippen LogP contribution is -2.41. The molecule has 0 atom stereocenters. The third kappa shape index (κ3) is 16.1. The van der Waals surface area contributed by atoms with E-state index in [1.165, 1.54) is 83.6 Å². The fraction of sp³-hybridized carbons (Fsp3) is 1.00. The monoisotopic (exact) mass is 300 g/mol. The van der Waals surface area contributed by atoms with E-state index >= 15 is 0 Å². The number of nitrogens with zero attached hydrogens (tertiary/aromatic N) is 1. The van der Waals surface area contributed by atoms with Crippen molar-refractivity contribution in [2.45, 2.75) is 90.4 Å². The lowest BCUT2D eigenvalue weighted by atomic mass is 10.1. The molecule has 0 spiro atoms. The minimum absolute atomic E-state index is 0.333. The second kappa shape index (κ2) is 14.8. The topological polar surface area (TPSA) is 20.2 Å². The molecule has 1 N–H and O–H groups in total. The van der Waals surface area contributed by atoms with Gasteiger partial charge in [-0.05, 0) is 12.8 Å². The molecule has 21 heavy (non-hydrogen) atoms. The van der Waals surface area contributed by atoms with Gasteiger partial charge in [-0.2, -0.15) is 0 Å². The Bertz CT molecular complexity index is 204. The van der Waals surface area contributed by atoms with Crippen LogP contribution in [-0.4, -0.2) is 43.4 Å². The summed E-state index contributed by atoms with van der Waals surface area (Å²) in [6, 6.07) is 0. The van der Waals surface area contributed by atoms with Crippen molar-refractivity contribution in [1.29, 1.82) is 0 Å². The molecule has 0 fully saturated rings. The molecule has 0 saturated carbocycles. The van der Waals surface area contributed by atoms with Crippen LogP contribution in [0.3, 0.4) is 0 Å². The Morgan fingerprint density at radius 1 is 0.571 bits per heavy atom. The van der Waals surface area contributed by atoms with Gasteiger partial charge >= 0.3 is 0 Å². The van der Waals surface area contributed by atoms with Gasteiger partial charge in [0.2, 0.25) is 0 Å². The van der Waals surface area contributed by atoms with Crippen LogP contribution in [0.2, 0.25) is 0 Å². The summed E-state index contributed by atoms with van der Waals surface area (Å²) in [6.45, 7) is 4.98. The fourth-order valence-electron chi connectivity index (χ4n) is 2.99. The smallest absolute Gasteiger partial charge is 0.0804 e. The Kier molecular flexibility index (Phi) is 14.8. The van der Waals surface area contributed by atoms with Crippen molar-refractivity contribution in [1.82, 2.24) is 0 Å². The molecule has 0 rings (SSSR count). The van der Waals surface area contributed by atoms with Crippen LogP contribution in [0.1, 0.15) is 90.4 Å². The van der Waals surface area contributed by atoms with Crippen LogP contribution in [0.5, 0.6) is 0 Å². The summed E-state index contributed by atoms with van der Waals surface area (Å²) in [5, 5.41) is 8.89. The van der Waals surface area contributed by atoms with E-state index in [0.717, 1.165) is 17.4 Å². The highest BCUT2D eigenvalue weighted by Crippen LogP contribution is 2.12. The maximum absolute atomic E-state index is 8.89. The van der Waals surface area contributed by atoms with Gasteiger partial charge in [0.05, 0.1) is 27.2 Å². The summed E-state index contributed by atoms with van der Waals surface area (Å²) in [7, 11) is 4.57. The molecular weight excluding hydrogens is 258 g/mol. The summed E-state index contributed by atoms with van der Waals surface area (Å²) in [5.41, 5.74) is 0. The van der Waals surface area contributed by atoms with E-state index in [-0.39, 0.29) is 0 Å². The Morgan fingerprint density at radius 2 is 0.952 bits per heavy atom. The maximum Gasteiger partial charge on any atom is 0.0804 e. The molecule has 0 aliphatic rings. The summed E-state index contributed by atoms with van der Waals surface area (Å²) in [6.07, 6.45) is 18.0. The molecule has 0 bridgehead atoms. The molecule has 0 unspecified atom stereocenters. The number of hydrogen-bond acceptors (Lipinski definition) is 1. The number of hydrogen-bond donors (Lipinski definition) is 1. The number of quaternary nitrogens is 1. The fourth-order valence-corrected chi connectivity index (χ4v) is 2.99. The van der Waals surface area contributed by atoms with E-state index in [9.17, 15) is 0 Å². The van der Waals surface area contributed by atoms with Crippen LogP contribution >= 0.6 is 0 Å². The lowest BCUT2D eigenvalue weighted by Gasteiger charge is -2.29. The van der Waals surface area contributed by atoms with Crippen molar-refractivity contribution >= 4 is 0 Å². The standard InChI is InChI=1S/C19H42NO/c1-4-5-6-7-8-9-10-11-12-13-14-15-17-20(2,3)18-16-19-21/h21H,4-19H2,1-3H3/q+1. The quantitative estimate of drug-likeness (QED) is 0.309. The van der Waals surface area contributed by atoms with Gasteiger partial charge in [-0.25, -0.2) is 0 Å². The van der Waals surface area contributed by atoms with Crippen LogP contribution in [-0.2, 0) is 0 Å². The van der Waals surface area contributed by atoms with Gasteiger partial charge in [-0.1, -0.05) is 71.1 Å². The van der Waals surface area contributed by atoms with Crippen molar-refractivity contribution in [2.24, 2.45) is 0 Å². The maximum atomic E-state index is 8.89. The normalized spacial score (nSPS) is 12.0. The van der Waals surface area contributed by atoms with Crippen molar-refractivity contribution in [3.05, 3.63) is 0 Å². The first kappa shape index (κ1) is 20.9. The van der Waals surface area contributed by atoms with E-state index in [4.69, 9.17) is 5.11 Å². The Labute approximate surface area is 134 Å². The molecule has 0 aliphatic heterocycles. The highest BCUT2D eigenvalue weighted by Gasteiger charge is 2.12. The average Bonchev–Trinajstić information content (AvgIpc) is 2.46. The SMILES string of the molecule is CCCCCCCCCCCCCC[N+](C)(C)CCCO. The van der Waals surface area contributed by atoms with Gasteiger partial charge in [0.1, 0.15) is 0 Å². The lowest BCUT2D eigenvalue weighted by molar-refractivity contribution is -0.890. The van der Waals surface area contributed by atoms with Crippen LogP contribution in [0.4, 0.5) is 0 Å². The Morgan fingerprint density at radius 3 is 1.38 bits per heavy atom. The molecule has 0 radical (unpaired) electrons. The minimum Gasteiger partial charge on any atom is -0.396 e. The van der Waals surface area contributed by atoms with Gasteiger partial charge in [-0.3, -0.25) is 0 Å². The van der Waals surface area contributed by atoms with Crippen LogP contribution in [0.25, 0.3) is 0 Å². The third-order valence-electron chi connectivity index (χ3n) is 4.54. The predicted molar refractivity (Wildman–Crippen MR) is 94.6 cm³/mol. The van der Waals surface area contributed by atoms with Crippen molar-refractivity contribution in [2.75, 3.05) is 33.8 Å². The average molecular weight is 301 g/mol. The van der Waals surface area contributed by atoms with Crippen molar-refractivity contribution in [3.8, 4) is 0 Å². The van der Waals surface area contributed by atoms with Crippen LogP contribution in [0, 0.1) is 0 Å². The highest BCUT2D eigenvalue weighted by molar-refractivity contribution is 4.48. The molecule has 2 nitrogen and oxygen atoms in total. The molecule has 0 aliphatic carbocycles. The molecule has 128 valence electrons. The van der Waals surface area contributed by atoms with Gasteiger partial charge in [0, 0.05) is 13.0 Å². The van der Waals surface area contributed by atoms with Gasteiger partial charge in [0.15, 0.2) is 0 Å². The van der Waals surface area contributed by atoms with E-state index in [1.54, 1.807) is 0 Å². The van der Waals surface area contributed by atoms with Crippen LogP contribution < -0.4 is 0 Å². The second-order valence-electron chi connectivity index (χ2n) is 7.35. The second-order valence-corrected chi connectivity index (χ2v) is 7.35. The van der Waals surface area contributed by atoms with E-state index in [0.29, 0.717) is 6.61 Å². The number of aliphatic hydroxyl groups is 1. The zero-order valence-electron chi connectivity index (χ0n) is 15.2.